The van der Waals surface area contributed by atoms with Crippen LogP contribution in [0.2, 0.25) is 5.02 Å². The molecule has 0 saturated carbocycles. The molecule has 1 atom stereocenters. The molecule has 0 aliphatic heterocycles. The molecule has 10 nitrogen and oxygen atoms in total. The Hall–Kier alpha value is -3.70. The van der Waals surface area contributed by atoms with Crippen LogP contribution in [0, 0.1) is 0 Å². The third-order valence-electron chi connectivity index (χ3n) is 10.5. The van der Waals surface area contributed by atoms with E-state index in [1.54, 1.807) is 12.1 Å². The highest BCUT2D eigenvalue weighted by molar-refractivity contribution is 7.99. The van der Waals surface area contributed by atoms with Crippen molar-refractivity contribution >= 4 is 77.7 Å². The average molecular weight is 937 g/mol. The van der Waals surface area contributed by atoms with Crippen molar-refractivity contribution < 1.29 is 30.4 Å². The molecule has 0 heterocycles. The molecule has 1 aliphatic rings. The van der Waals surface area contributed by atoms with Crippen molar-refractivity contribution in [2.75, 3.05) is 55.7 Å². The van der Waals surface area contributed by atoms with Crippen LogP contribution in [0.15, 0.2) is 117 Å². The standard InChI is InChI=1S/C44H53Cl2F2N5O5S3/c1-3-53(4-2)28-25-37(31-59-38-12-8-6-9-13-38)51-41-24-23-39(29-42(41)60(55,56)44(46,47)48)61(57,58)52-43(54)33-17-21-36(22-18-33)50-27-26-49-30-34-11-7-5-10-14-40(34)32-15-19-35(45)20-16-32/h6,8-9,12-13,15-24,29,37,49-51H,3-5,7,10-11,14,25-28,30-31H2,1-2H3,(H,52,54)/t37-/m1/s1. The molecule has 61 heavy (non-hydrogen) atoms. The summed E-state index contributed by atoms with van der Waals surface area (Å²) < 4.78 is 79.5. The number of nitrogens with one attached hydrogen (secondary N) is 4. The van der Waals surface area contributed by atoms with Crippen LogP contribution in [0.5, 0.6) is 0 Å². The van der Waals surface area contributed by atoms with Gasteiger partial charge in [0.1, 0.15) is 0 Å². The highest BCUT2D eigenvalue weighted by Crippen LogP contribution is 2.38. The first kappa shape index (κ1) is 48.3. The minimum absolute atomic E-state index is 0.00710. The first-order chi connectivity index (χ1) is 29.1. The van der Waals surface area contributed by atoms with Gasteiger partial charge in [-0.15, -0.1) is 11.8 Å². The lowest BCUT2D eigenvalue weighted by Crippen LogP contribution is -2.33. The average Bonchev–Trinajstić information content (AvgIpc) is 3.48. The quantitative estimate of drug-likeness (QED) is 0.0343. The second-order valence-electron chi connectivity index (χ2n) is 14.7. The molecule has 17 heteroatoms. The molecule has 1 aliphatic carbocycles. The topological polar surface area (TPSA) is 137 Å². The van der Waals surface area contributed by atoms with Crippen LogP contribution in [0.4, 0.5) is 20.2 Å². The lowest BCUT2D eigenvalue weighted by Gasteiger charge is -2.26. The van der Waals surface area contributed by atoms with Crippen LogP contribution < -0.4 is 20.7 Å². The van der Waals surface area contributed by atoms with Gasteiger partial charge in [-0.3, -0.25) is 4.79 Å². The van der Waals surface area contributed by atoms with Crippen molar-refractivity contribution in [2.24, 2.45) is 0 Å². The maximum absolute atomic E-state index is 14.5. The molecule has 0 unspecified atom stereocenters. The highest BCUT2D eigenvalue weighted by Gasteiger charge is 2.46. The molecule has 0 bridgehead atoms. The number of carbonyl (C=O) groups is 1. The lowest BCUT2D eigenvalue weighted by molar-refractivity contribution is 0.0981. The van der Waals surface area contributed by atoms with Gasteiger partial charge in [0.2, 0.25) is 0 Å². The van der Waals surface area contributed by atoms with E-state index in [9.17, 15) is 30.4 Å². The van der Waals surface area contributed by atoms with Crippen LogP contribution in [0.3, 0.4) is 0 Å². The van der Waals surface area contributed by atoms with E-state index >= 15 is 0 Å². The van der Waals surface area contributed by atoms with E-state index < -0.39 is 46.3 Å². The Kier molecular flexibility index (Phi) is 17.9. The molecule has 5 rings (SSSR count). The second kappa shape index (κ2) is 22.6. The van der Waals surface area contributed by atoms with E-state index in [4.69, 9.17) is 23.2 Å². The number of nitrogens with zero attached hydrogens (tertiary/aromatic N) is 1. The van der Waals surface area contributed by atoms with Crippen molar-refractivity contribution in [2.45, 2.75) is 77.8 Å². The van der Waals surface area contributed by atoms with Crippen molar-refractivity contribution in [3.63, 3.8) is 0 Å². The predicted molar refractivity (Wildman–Crippen MR) is 245 cm³/mol. The summed E-state index contributed by atoms with van der Waals surface area (Å²) in [5.41, 5.74) is 4.45. The number of hydrogen-bond acceptors (Lipinski definition) is 10. The van der Waals surface area contributed by atoms with Gasteiger partial charge in [0, 0.05) is 59.1 Å². The smallest absolute Gasteiger partial charge is 0.384 e. The van der Waals surface area contributed by atoms with Gasteiger partial charge in [-0.2, -0.15) is 8.78 Å². The minimum atomic E-state index is -5.61. The first-order valence-electron chi connectivity index (χ1n) is 20.3. The molecule has 0 fully saturated rings. The van der Waals surface area contributed by atoms with Crippen LogP contribution in [-0.4, -0.2) is 83.4 Å². The van der Waals surface area contributed by atoms with Gasteiger partial charge in [-0.1, -0.05) is 67.8 Å². The van der Waals surface area contributed by atoms with Crippen LogP contribution in [0.25, 0.3) is 5.57 Å². The van der Waals surface area contributed by atoms with E-state index in [1.165, 1.54) is 47.0 Å². The Morgan fingerprint density at radius 1 is 0.869 bits per heavy atom. The summed E-state index contributed by atoms with van der Waals surface area (Å²) in [6.45, 7) is 8.23. The SMILES string of the molecule is CCN(CC)CC[C@H](CSc1ccccc1)Nc1ccc(S(=O)(=O)NC(=O)c2ccc(NCCNCC3=C(c4ccc(Cl)cc4)CCCCC3)cc2)cc1S(=O)(=O)C(F)(F)Cl. The lowest BCUT2D eigenvalue weighted by atomic mass is 9.96. The van der Waals surface area contributed by atoms with Gasteiger partial charge < -0.3 is 20.9 Å². The number of halogens is 4. The number of amides is 1. The predicted octanol–water partition coefficient (Wildman–Crippen LogP) is 9.75. The van der Waals surface area contributed by atoms with Crippen molar-refractivity contribution in [1.82, 2.24) is 14.9 Å². The van der Waals surface area contributed by atoms with Crippen LogP contribution in [0.1, 0.15) is 68.3 Å². The molecule has 0 radical (unpaired) electrons. The highest BCUT2D eigenvalue weighted by atomic mass is 35.5. The van der Waals surface area contributed by atoms with Gasteiger partial charge >= 0.3 is 4.71 Å². The zero-order valence-electron chi connectivity index (χ0n) is 34.2. The van der Waals surface area contributed by atoms with E-state index in [2.05, 4.69) is 33.0 Å². The van der Waals surface area contributed by atoms with E-state index in [0.29, 0.717) is 48.6 Å². The third kappa shape index (κ3) is 13.9. The molecule has 4 aromatic rings. The minimum Gasteiger partial charge on any atom is -0.384 e. The number of rotatable bonds is 22. The first-order valence-corrected chi connectivity index (χ1v) is 25.0. The summed E-state index contributed by atoms with van der Waals surface area (Å²) in [6.07, 6.45) is 6.09. The van der Waals surface area contributed by atoms with Gasteiger partial charge in [0.05, 0.1) is 15.5 Å². The maximum atomic E-state index is 14.5. The summed E-state index contributed by atoms with van der Waals surface area (Å²) in [5.74, 6) is -0.556. The Morgan fingerprint density at radius 2 is 1.56 bits per heavy atom. The maximum Gasteiger partial charge on any atom is 0.427 e. The number of allylic oxidation sites excluding steroid dienone is 1. The molecular weight excluding hydrogens is 884 g/mol. The molecule has 0 saturated heterocycles. The molecule has 4 N–H and O–H groups in total. The fraction of sp³-hybridized carbons (Fsp3) is 0.386. The van der Waals surface area contributed by atoms with E-state index in [-0.39, 0.29) is 11.3 Å². The summed E-state index contributed by atoms with van der Waals surface area (Å²) in [4.78, 5) is 14.6. The molecule has 0 aromatic heterocycles. The zero-order valence-corrected chi connectivity index (χ0v) is 38.2. The fourth-order valence-corrected chi connectivity index (χ4v) is 10.4. The summed E-state index contributed by atoms with van der Waals surface area (Å²) >= 11 is 12.7. The van der Waals surface area contributed by atoms with Crippen molar-refractivity contribution in [3.05, 3.63) is 119 Å². The van der Waals surface area contributed by atoms with E-state index in [1.807, 2.05) is 61.0 Å². The number of sulfone groups is 1. The summed E-state index contributed by atoms with van der Waals surface area (Å²) in [6, 6.07) is 26.0. The normalized spacial score (nSPS) is 14.4. The fourth-order valence-electron chi connectivity index (χ4n) is 7.00. The largest absolute Gasteiger partial charge is 0.427 e. The van der Waals surface area contributed by atoms with Crippen LogP contribution in [-0.2, 0) is 19.9 Å². The van der Waals surface area contributed by atoms with Crippen molar-refractivity contribution in [3.8, 4) is 0 Å². The molecule has 330 valence electrons. The monoisotopic (exact) mass is 935 g/mol. The second-order valence-corrected chi connectivity index (χ2v) is 20.5. The Labute approximate surface area is 373 Å². The number of carbonyl (C=O) groups excluding carboxylic acids is 1. The third-order valence-corrected chi connectivity index (χ3v) is 15.4. The van der Waals surface area contributed by atoms with Gasteiger partial charge in [-0.25, -0.2) is 21.6 Å². The molecule has 4 aromatic carbocycles. The van der Waals surface area contributed by atoms with Crippen LogP contribution >= 0.6 is 35.0 Å². The Balaban J connectivity index is 1.24. The number of hydrogen-bond donors (Lipinski definition) is 4. The molecule has 0 spiro atoms. The van der Waals surface area contributed by atoms with Gasteiger partial charge in [0.25, 0.3) is 25.8 Å². The van der Waals surface area contributed by atoms with E-state index in [0.717, 1.165) is 62.3 Å². The number of sulfonamides is 1. The summed E-state index contributed by atoms with van der Waals surface area (Å²) in [5, 5.41) is 10.6. The molecular formula is C44H53Cl2F2N5O5S3. The zero-order chi connectivity index (χ0) is 44.0. The number of thioether (sulfide) groups is 1. The number of benzene rings is 4. The Bertz CT molecular complexity index is 2310. The van der Waals surface area contributed by atoms with Gasteiger partial charge in [0.15, 0.2) is 0 Å². The Morgan fingerprint density at radius 3 is 2.23 bits per heavy atom. The number of alkyl halides is 3. The summed E-state index contributed by atoms with van der Waals surface area (Å²) in [7, 11) is -10.4. The number of anilines is 2. The molecule has 1 amide bonds. The van der Waals surface area contributed by atoms with Gasteiger partial charge in [-0.05, 0) is 135 Å². The van der Waals surface area contributed by atoms with Crippen molar-refractivity contribution in [1.29, 1.82) is 0 Å².